The molecule has 0 atom stereocenters. The fourth-order valence-electron chi connectivity index (χ4n) is 4.19. The Labute approximate surface area is 209 Å². The zero-order chi connectivity index (χ0) is 25.1. The van der Waals surface area contributed by atoms with Crippen LogP contribution in [0.1, 0.15) is 39.5 Å². The third-order valence-electron chi connectivity index (χ3n) is 5.91. The maximum absolute atomic E-state index is 15.0. The van der Waals surface area contributed by atoms with Crippen molar-refractivity contribution in [3.63, 3.8) is 0 Å². The molecule has 4 heterocycles. The third kappa shape index (κ3) is 4.14. The number of benzene rings is 1. The highest BCUT2D eigenvalue weighted by molar-refractivity contribution is 7.19. The average Bonchev–Trinajstić information content (AvgIpc) is 3.46. The van der Waals surface area contributed by atoms with E-state index in [9.17, 15) is 9.18 Å². The number of carbonyl (C=O) groups excluding carboxylic acids is 1. The van der Waals surface area contributed by atoms with Crippen LogP contribution in [0.5, 0.6) is 0 Å². The van der Waals surface area contributed by atoms with E-state index < -0.39 is 22.8 Å². The number of carbonyl (C=O) groups is 1. The largest absolute Gasteiger partial charge is 0.444 e. The molecule has 0 radical (unpaired) electrons. The van der Waals surface area contributed by atoms with Crippen LogP contribution in [0.3, 0.4) is 0 Å². The van der Waals surface area contributed by atoms with Gasteiger partial charge in [-0.2, -0.15) is 0 Å². The molecule has 3 aromatic heterocycles. The van der Waals surface area contributed by atoms with Gasteiger partial charge in [0.1, 0.15) is 21.6 Å². The molecule has 0 bridgehead atoms. The van der Waals surface area contributed by atoms with Gasteiger partial charge in [0.05, 0.1) is 21.4 Å². The number of pyridine rings is 1. The van der Waals surface area contributed by atoms with Gasteiger partial charge in [-0.25, -0.2) is 23.5 Å². The maximum atomic E-state index is 15.0. The maximum Gasteiger partial charge on any atom is 0.411 e. The number of aromatic nitrogens is 2. The molecule has 5 rings (SSSR count). The Kier molecular flexibility index (Phi) is 5.56. The Morgan fingerprint density at radius 3 is 2.74 bits per heavy atom. The summed E-state index contributed by atoms with van der Waals surface area (Å²) in [5, 5.41) is 3.65. The van der Waals surface area contributed by atoms with Crippen molar-refractivity contribution in [1.29, 1.82) is 0 Å². The second-order valence-corrected chi connectivity index (χ2v) is 11.7. The molecule has 1 aliphatic heterocycles. The van der Waals surface area contributed by atoms with E-state index in [0.717, 1.165) is 15.8 Å². The molecule has 0 saturated carbocycles. The number of nitrogens with one attached hydrogen (secondary N) is 1. The molecule has 10 heteroatoms. The van der Waals surface area contributed by atoms with Crippen LogP contribution in [0.2, 0.25) is 0 Å². The Hall–Kier alpha value is -3.11. The lowest BCUT2D eigenvalue weighted by Crippen LogP contribution is -2.46. The molecule has 0 spiro atoms. The molecular weight excluding hydrogens is 490 g/mol. The SMILES string of the molecule is CC(C)(C)OC(=O)N1CC=C(c2cc3c(Nc4c(F)cc5scnc5c4F)ccnc3s2)C1(C)C. The van der Waals surface area contributed by atoms with Gasteiger partial charge in [-0.3, -0.25) is 4.90 Å². The summed E-state index contributed by atoms with van der Waals surface area (Å²) < 4.78 is 35.8. The molecule has 0 fully saturated rings. The molecule has 1 aliphatic rings. The highest BCUT2D eigenvalue weighted by Crippen LogP contribution is 2.43. The van der Waals surface area contributed by atoms with Crippen molar-refractivity contribution in [3.8, 4) is 0 Å². The molecule has 0 saturated heterocycles. The highest BCUT2D eigenvalue weighted by atomic mass is 32.1. The van der Waals surface area contributed by atoms with E-state index in [0.29, 0.717) is 21.8 Å². The Morgan fingerprint density at radius 1 is 1.23 bits per heavy atom. The zero-order valence-corrected chi connectivity index (χ0v) is 21.5. The van der Waals surface area contributed by atoms with E-state index in [-0.39, 0.29) is 17.3 Å². The summed E-state index contributed by atoms with van der Waals surface area (Å²) >= 11 is 2.65. The quantitative estimate of drug-likeness (QED) is 0.310. The van der Waals surface area contributed by atoms with Crippen molar-refractivity contribution in [3.05, 3.63) is 52.5 Å². The number of rotatable bonds is 3. The Bertz CT molecular complexity index is 1500. The van der Waals surface area contributed by atoms with Gasteiger partial charge in [-0.15, -0.1) is 22.7 Å². The summed E-state index contributed by atoms with van der Waals surface area (Å²) in [5.74, 6) is -1.42. The molecule has 4 aromatic rings. The van der Waals surface area contributed by atoms with E-state index >= 15 is 4.39 Å². The van der Waals surface area contributed by atoms with Crippen molar-refractivity contribution in [2.45, 2.75) is 45.8 Å². The molecule has 1 amide bonds. The van der Waals surface area contributed by atoms with E-state index in [1.165, 1.54) is 34.3 Å². The summed E-state index contributed by atoms with van der Waals surface area (Å²) in [4.78, 5) is 24.6. The van der Waals surface area contributed by atoms with Gasteiger partial charge >= 0.3 is 6.09 Å². The van der Waals surface area contributed by atoms with Gasteiger partial charge in [0.15, 0.2) is 11.6 Å². The molecule has 1 aromatic carbocycles. The average molecular weight is 515 g/mol. The number of thiazole rings is 1. The van der Waals surface area contributed by atoms with Crippen LogP contribution < -0.4 is 5.32 Å². The van der Waals surface area contributed by atoms with Crippen molar-refractivity contribution in [2.75, 3.05) is 11.9 Å². The fourth-order valence-corrected chi connectivity index (χ4v) is 6.11. The molecule has 6 nitrogen and oxygen atoms in total. The van der Waals surface area contributed by atoms with Gasteiger partial charge in [-0.05, 0) is 58.4 Å². The van der Waals surface area contributed by atoms with Crippen LogP contribution in [0.15, 0.2) is 36.0 Å². The smallest absolute Gasteiger partial charge is 0.411 e. The van der Waals surface area contributed by atoms with Gasteiger partial charge in [0.2, 0.25) is 0 Å². The van der Waals surface area contributed by atoms with E-state index in [1.54, 1.807) is 17.2 Å². The van der Waals surface area contributed by atoms with Crippen molar-refractivity contribution >= 4 is 66.1 Å². The van der Waals surface area contributed by atoms with Crippen LogP contribution in [-0.2, 0) is 4.74 Å². The first-order chi connectivity index (χ1) is 16.5. The lowest BCUT2D eigenvalue weighted by Gasteiger charge is -2.35. The predicted octanol–water partition coefficient (Wildman–Crippen LogP) is 7.34. The molecule has 35 heavy (non-hydrogen) atoms. The number of nitrogens with zero attached hydrogens (tertiary/aromatic N) is 3. The third-order valence-corrected chi connectivity index (χ3v) is 7.76. The highest BCUT2D eigenvalue weighted by Gasteiger charge is 2.41. The molecule has 0 unspecified atom stereocenters. The molecule has 0 aliphatic carbocycles. The van der Waals surface area contributed by atoms with Crippen LogP contribution >= 0.6 is 22.7 Å². The monoisotopic (exact) mass is 514 g/mol. The van der Waals surface area contributed by atoms with Crippen LogP contribution in [0.25, 0.3) is 26.0 Å². The second kappa shape index (κ2) is 8.23. The summed E-state index contributed by atoms with van der Waals surface area (Å²) in [6, 6.07) is 4.91. The Morgan fingerprint density at radius 2 is 2.00 bits per heavy atom. The molecular formula is C25H24F2N4O2S2. The number of fused-ring (bicyclic) bond motifs is 2. The standard InChI is InChI=1S/C25H24F2N4O2S2/c1-24(2,3)33-23(32)31-9-7-14(25(31,4)5)17-10-13-16(6-8-28-22(13)35-17)30-20-15(26)11-18-21(19(20)27)29-12-34-18/h6-8,10-12H,9H2,1-5H3,(H,28,30). The van der Waals surface area contributed by atoms with Gasteiger partial charge in [-0.1, -0.05) is 6.08 Å². The predicted molar refractivity (Wildman–Crippen MR) is 137 cm³/mol. The lowest BCUT2D eigenvalue weighted by molar-refractivity contribution is 0.0172. The minimum Gasteiger partial charge on any atom is -0.444 e. The Balaban J connectivity index is 1.49. The summed E-state index contributed by atoms with van der Waals surface area (Å²) in [6.45, 7) is 9.89. The second-order valence-electron chi connectivity index (χ2n) is 9.83. The van der Waals surface area contributed by atoms with Crippen molar-refractivity contribution < 1.29 is 18.3 Å². The number of thiophene rings is 1. The number of amides is 1. The number of anilines is 2. The van der Waals surface area contributed by atoms with E-state index in [2.05, 4.69) is 15.3 Å². The first-order valence-corrected chi connectivity index (χ1v) is 12.7. The zero-order valence-electron chi connectivity index (χ0n) is 19.9. The molecule has 1 N–H and O–H groups in total. The van der Waals surface area contributed by atoms with Gasteiger partial charge < -0.3 is 10.1 Å². The number of hydrogen-bond donors (Lipinski definition) is 1. The normalized spacial score (nSPS) is 15.6. The summed E-state index contributed by atoms with van der Waals surface area (Å²) in [6.07, 6.45) is 3.24. The molecule has 182 valence electrons. The number of halogens is 2. The van der Waals surface area contributed by atoms with E-state index in [1.807, 2.05) is 46.8 Å². The first kappa shape index (κ1) is 23.6. The fraction of sp³-hybridized carbons (Fsp3) is 0.320. The van der Waals surface area contributed by atoms with Crippen molar-refractivity contribution in [1.82, 2.24) is 14.9 Å². The van der Waals surface area contributed by atoms with Gasteiger partial charge in [0.25, 0.3) is 0 Å². The van der Waals surface area contributed by atoms with Crippen LogP contribution in [0.4, 0.5) is 25.0 Å². The minimum absolute atomic E-state index is 0.135. The summed E-state index contributed by atoms with van der Waals surface area (Å²) in [5.41, 5.74) is 1.68. The number of hydrogen-bond acceptors (Lipinski definition) is 7. The topological polar surface area (TPSA) is 67.3 Å². The van der Waals surface area contributed by atoms with Crippen molar-refractivity contribution in [2.24, 2.45) is 0 Å². The van der Waals surface area contributed by atoms with Crippen LogP contribution in [-0.4, -0.2) is 38.6 Å². The lowest BCUT2D eigenvalue weighted by atomic mass is 9.94. The minimum atomic E-state index is -0.727. The van der Waals surface area contributed by atoms with Gasteiger partial charge in [0, 0.05) is 23.0 Å². The number of ether oxygens (including phenoxy) is 1. The summed E-state index contributed by atoms with van der Waals surface area (Å²) in [7, 11) is 0. The van der Waals surface area contributed by atoms with Crippen LogP contribution in [0, 0.1) is 11.6 Å². The van der Waals surface area contributed by atoms with E-state index in [4.69, 9.17) is 4.74 Å². The first-order valence-electron chi connectivity index (χ1n) is 11.0.